The first-order valence-corrected chi connectivity index (χ1v) is 16.6. The van der Waals surface area contributed by atoms with Crippen molar-refractivity contribution in [1.82, 2.24) is 0 Å². The molecule has 0 saturated carbocycles. The van der Waals surface area contributed by atoms with Crippen LogP contribution in [0.2, 0.25) is 0 Å². The fourth-order valence-electron chi connectivity index (χ4n) is 8.58. The summed E-state index contributed by atoms with van der Waals surface area (Å²) in [4.78, 5) is 0. The molecule has 5 heteroatoms. The molecule has 9 rings (SSSR count). The van der Waals surface area contributed by atoms with Crippen molar-refractivity contribution < 1.29 is 22.6 Å². The maximum absolute atomic E-state index is 14.0. The molecule has 242 valence electrons. The molecule has 2 atom stereocenters. The molecular weight excluding hydrogens is 617 g/mol. The average Bonchev–Trinajstić information content (AvgIpc) is 3.37. The van der Waals surface area contributed by atoms with E-state index in [9.17, 15) is 13.2 Å². The van der Waals surface area contributed by atoms with Crippen LogP contribution in [0.5, 0.6) is 11.5 Å². The summed E-state index contributed by atoms with van der Waals surface area (Å²) in [5, 5.41) is 1.90. The second-order valence-corrected chi connectivity index (χ2v) is 13.9. The topological polar surface area (TPSA) is 18.5 Å². The third-order valence-corrected chi connectivity index (χ3v) is 11.0. The molecule has 0 saturated heterocycles. The monoisotopic (exact) mass is 650 g/mol. The van der Waals surface area contributed by atoms with Crippen LogP contribution >= 0.6 is 0 Å². The van der Waals surface area contributed by atoms with Crippen molar-refractivity contribution in [2.45, 2.75) is 43.4 Å². The van der Waals surface area contributed by atoms with E-state index in [0.717, 1.165) is 62.1 Å². The maximum atomic E-state index is 14.0. The van der Waals surface area contributed by atoms with Crippen molar-refractivity contribution in [1.29, 1.82) is 0 Å². The lowest BCUT2D eigenvalue weighted by Crippen LogP contribution is -2.37. The predicted octanol–water partition coefficient (Wildman–Crippen LogP) is 11.5. The third-order valence-electron chi connectivity index (χ3n) is 11.0. The van der Waals surface area contributed by atoms with Crippen molar-refractivity contribution in [3.63, 3.8) is 0 Å². The van der Waals surface area contributed by atoms with Gasteiger partial charge in [0.05, 0.1) is 12.7 Å². The van der Waals surface area contributed by atoms with Gasteiger partial charge in [0.15, 0.2) is 5.60 Å². The summed E-state index contributed by atoms with van der Waals surface area (Å²) >= 11 is 0. The van der Waals surface area contributed by atoms with Gasteiger partial charge in [0.1, 0.15) is 11.5 Å². The van der Waals surface area contributed by atoms with Gasteiger partial charge in [0, 0.05) is 27.8 Å². The number of hydrogen-bond acceptors (Lipinski definition) is 2. The first-order valence-electron chi connectivity index (χ1n) is 16.6. The number of fused-ring (bicyclic) bond motifs is 11. The Hall–Kier alpha value is -5.29. The Kier molecular flexibility index (Phi) is 6.30. The molecule has 0 radical (unpaired) electrons. The van der Waals surface area contributed by atoms with E-state index in [2.05, 4.69) is 85.0 Å². The molecule has 5 aromatic rings. The second-order valence-electron chi connectivity index (χ2n) is 13.9. The Morgan fingerprint density at radius 3 is 2.35 bits per heavy atom. The number of hydrogen-bond donors (Lipinski definition) is 0. The Morgan fingerprint density at radius 2 is 1.57 bits per heavy atom. The molecule has 3 aliphatic carbocycles. The zero-order valence-corrected chi connectivity index (χ0v) is 27.4. The van der Waals surface area contributed by atoms with E-state index in [4.69, 9.17) is 9.47 Å². The number of allylic oxidation sites excluding steroid dienone is 4. The van der Waals surface area contributed by atoms with Crippen LogP contribution < -0.4 is 9.47 Å². The van der Waals surface area contributed by atoms with Crippen molar-refractivity contribution in [3.8, 4) is 22.6 Å². The van der Waals surface area contributed by atoms with Crippen LogP contribution in [0, 0.1) is 0 Å². The Morgan fingerprint density at radius 1 is 0.816 bits per heavy atom. The van der Waals surface area contributed by atoms with E-state index in [-0.39, 0.29) is 5.92 Å². The number of alkyl halides is 3. The SMILES string of the molecule is COc1ccc(C2(C3=CC=C4C=Cc5ccccc5C4C3)C=Cc3c4c(c5ccccc5c3O2)-c2ccc(C(F)(F)F)cc2C4(C)C)cc1. The molecule has 2 unspecified atom stereocenters. The second kappa shape index (κ2) is 10.4. The van der Waals surface area contributed by atoms with E-state index in [0.29, 0.717) is 5.56 Å². The highest BCUT2D eigenvalue weighted by Crippen LogP contribution is 2.59. The number of ether oxygens (including phenoxy) is 2. The van der Waals surface area contributed by atoms with Gasteiger partial charge in [-0.2, -0.15) is 13.2 Å². The normalized spacial score (nSPS) is 21.1. The van der Waals surface area contributed by atoms with Gasteiger partial charge in [0.2, 0.25) is 0 Å². The zero-order chi connectivity index (χ0) is 33.7. The summed E-state index contributed by atoms with van der Waals surface area (Å²) in [5.41, 5.74) is 8.01. The van der Waals surface area contributed by atoms with Gasteiger partial charge in [0.25, 0.3) is 0 Å². The van der Waals surface area contributed by atoms with Crippen LogP contribution in [0.4, 0.5) is 13.2 Å². The van der Waals surface area contributed by atoms with Gasteiger partial charge in [-0.1, -0.05) is 111 Å². The van der Waals surface area contributed by atoms with Gasteiger partial charge in [-0.25, -0.2) is 0 Å². The van der Waals surface area contributed by atoms with Crippen LogP contribution in [-0.4, -0.2) is 7.11 Å². The summed E-state index contributed by atoms with van der Waals surface area (Å²) < 4.78 is 54.9. The molecule has 0 N–H and O–H groups in total. The highest BCUT2D eigenvalue weighted by atomic mass is 19.4. The Bertz CT molecular complexity index is 2340. The largest absolute Gasteiger partial charge is 0.497 e. The van der Waals surface area contributed by atoms with E-state index in [1.54, 1.807) is 13.2 Å². The third kappa shape index (κ3) is 4.27. The fourth-order valence-corrected chi connectivity index (χ4v) is 8.58. The van der Waals surface area contributed by atoms with Crippen molar-refractivity contribution >= 4 is 22.9 Å². The Balaban J connectivity index is 1.27. The van der Waals surface area contributed by atoms with Crippen LogP contribution in [0.3, 0.4) is 0 Å². The van der Waals surface area contributed by atoms with Gasteiger partial charge in [-0.05, 0) is 86.7 Å². The van der Waals surface area contributed by atoms with Crippen molar-refractivity contribution in [2.75, 3.05) is 7.11 Å². The molecule has 0 amide bonds. The van der Waals surface area contributed by atoms with Gasteiger partial charge in [-0.3, -0.25) is 0 Å². The highest BCUT2D eigenvalue weighted by molar-refractivity contribution is 6.08. The van der Waals surface area contributed by atoms with Gasteiger partial charge in [-0.15, -0.1) is 0 Å². The quantitative estimate of drug-likeness (QED) is 0.193. The molecule has 4 aliphatic rings. The van der Waals surface area contributed by atoms with E-state index in [1.165, 1.54) is 28.8 Å². The van der Waals surface area contributed by atoms with Gasteiger partial charge < -0.3 is 9.47 Å². The molecule has 0 aromatic heterocycles. The highest BCUT2D eigenvalue weighted by Gasteiger charge is 2.46. The van der Waals surface area contributed by atoms with Crippen LogP contribution in [0.25, 0.3) is 34.1 Å². The van der Waals surface area contributed by atoms with E-state index >= 15 is 0 Å². The summed E-state index contributed by atoms with van der Waals surface area (Å²) in [5.74, 6) is 1.68. The molecule has 1 aliphatic heterocycles. The average molecular weight is 651 g/mol. The zero-order valence-electron chi connectivity index (χ0n) is 27.4. The lowest BCUT2D eigenvalue weighted by molar-refractivity contribution is -0.137. The maximum Gasteiger partial charge on any atom is 0.416 e. The molecule has 0 bridgehead atoms. The molecule has 0 spiro atoms. The standard InChI is InChI=1S/C44H33F3O2/c1-42(2)38-25-30(44(45,46)47)18-21-35(38)39-33-10-6-7-11-34(33)41-36(40(39)42)22-23-43(49-41,28-16-19-31(48-3)20-17-28)29-15-14-27-13-12-26-8-4-5-9-32(26)37(27)24-29/h4-23,25,37H,24H2,1-3H3. The van der Waals surface area contributed by atoms with E-state index in [1.807, 2.05) is 38.1 Å². The number of halogens is 3. The van der Waals surface area contributed by atoms with E-state index < -0.39 is 22.8 Å². The lowest BCUT2D eigenvalue weighted by atomic mass is 9.71. The predicted molar refractivity (Wildman–Crippen MR) is 190 cm³/mol. The molecule has 0 fully saturated rings. The molecule has 1 heterocycles. The molecule has 2 nitrogen and oxygen atoms in total. The molecular formula is C44H33F3O2. The summed E-state index contributed by atoms with van der Waals surface area (Å²) in [6.45, 7) is 4.05. The minimum Gasteiger partial charge on any atom is -0.497 e. The lowest BCUT2D eigenvalue weighted by Gasteiger charge is -2.42. The molecule has 49 heavy (non-hydrogen) atoms. The Labute approximate surface area is 283 Å². The fraction of sp³-hybridized carbons (Fsp3) is 0.182. The van der Waals surface area contributed by atoms with Crippen molar-refractivity contribution in [3.05, 3.63) is 165 Å². The summed E-state index contributed by atoms with van der Waals surface area (Å²) in [6, 6.07) is 28.9. The van der Waals surface area contributed by atoms with Crippen LogP contribution in [-0.2, 0) is 17.2 Å². The number of benzene rings is 5. The van der Waals surface area contributed by atoms with Gasteiger partial charge >= 0.3 is 6.18 Å². The number of methoxy groups -OCH3 is 1. The summed E-state index contributed by atoms with van der Waals surface area (Å²) in [7, 11) is 1.66. The summed E-state index contributed by atoms with van der Waals surface area (Å²) in [6.07, 6.45) is 9.46. The number of rotatable bonds is 3. The van der Waals surface area contributed by atoms with Crippen LogP contribution in [0.15, 0.2) is 126 Å². The first kappa shape index (κ1) is 29.8. The minimum atomic E-state index is -4.43. The first-order chi connectivity index (χ1) is 23.6. The molecule has 5 aromatic carbocycles. The van der Waals surface area contributed by atoms with Crippen LogP contribution in [0.1, 0.15) is 65.1 Å². The minimum absolute atomic E-state index is 0.183. The van der Waals surface area contributed by atoms with Crippen molar-refractivity contribution in [2.24, 2.45) is 0 Å². The smallest absolute Gasteiger partial charge is 0.416 e.